The lowest BCUT2D eigenvalue weighted by molar-refractivity contribution is -0.116. The fraction of sp³-hybridized carbons (Fsp3) is 0.438. The van der Waals surface area contributed by atoms with E-state index in [9.17, 15) is 9.90 Å². The highest BCUT2D eigenvalue weighted by Crippen LogP contribution is 2.36. The minimum absolute atomic E-state index is 0.126. The summed E-state index contributed by atoms with van der Waals surface area (Å²) >= 11 is 0. The van der Waals surface area contributed by atoms with E-state index < -0.39 is 0 Å². The monoisotopic (exact) mass is 257 g/mol. The third kappa shape index (κ3) is 2.50. The van der Waals surface area contributed by atoms with Gasteiger partial charge in [-0.05, 0) is 36.6 Å². The number of aromatic hydroxyl groups is 1. The number of carbonyl (C=O) groups excluding carboxylic acids is 1. The molecule has 1 N–H and O–H groups in total. The van der Waals surface area contributed by atoms with Crippen molar-refractivity contribution in [2.75, 3.05) is 0 Å². The second kappa shape index (κ2) is 5.08. The Kier molecular flexibility index (Phi) is 3.28. The maximum absolute atomic E-state index is 11.7. The summed E-state index contributed by atoms with van der Waals surface area (Å²) in [5, 5.41) is 9.39. The number of phenolic OH excluding ortho intramolecular Hbond substituents is 1. The quantitative estimate of drug-likeness (QED) is 0.884. The lowest BCUT2D eigenvalue weighted by Gasteiger charge is -2.37. The van der Waals surface area contributed by atoms with Gasteiger partial charge in [-0.1, -0.05) is 25.0 Å². The molecule has 1 atom stereocenters. The van der Waals surface area contributed by atoms with E-state index >= 15 is 0 Å². The zero-order valence-corrected chi connectivity index (χ0v) is 11.0. The van der Waals surface area contributed by atoms with E-state index in [1.54, 1.807) is 18.2 Å². The van der Waals surface area contributed by atoms with Gasteiger partial charge in [-0.15, -0.1) is 0 Å². The van der Waals surface area contributed by atoms with Gasteiger partial charge in [0.05, 0.1) is 6.04 Å². The van der Waals surface area contributed by atoms with E-state index in [0.29, 0.717) is 12.5 Å². The summed E-state index contributed by atoms with van der Waals surface area (Å²) in [6, 6.07) is 7.93. The highest BCUT2D eigenvalue weighted by Gasteiger charge is 2.30. The second-order valence-corrected chi connectivity index (χ2v) is 5.48. The first-order valence-corrected chi connectivity index (χ1v) is 7.01. The highest BCUT2D eigenvalue weighted by atomic mass is 16.3. The predicted octanol–water partition coefficient (Wildman–Crippen LogP) is 3.16. The maximum atomic E-state index is 11.7. The number of phenols is 1. The number of nitrogens with zero attached hydrogens (tertiary/aromatic N) is 1. The number of hydrogen-bond donors (Lipinski definition) is 1. The lowest BCUT2D eigenvalue weighted by atomic mass is 9.95. The average molecular weight is 257 g/mol. The van der Waals surface area contributed by atoms with Gasteiger partial charge in [0, 0.05) is 18.7 Å². The van der Waals surface area contributed by atoms with Crippen LogP contribution in [0.5, 0.6) is 5.75 Å². The smallest absolute Gasteiger partial charge is 0.159 e. The predicted molar refractivity (Wildman–Crippen MR) is 73.7 cm³/mol. The molecule has 0 aromatic heterocycles. The SMILES string of the molecule is O=C1C=CN(C2CCCC2)C(c2ccc(O)cc2)C1. The van der Waals surface area contributed by atoms with Crippen molar-refractivity contribution in [3.8, 4) is 5.75 Å². The summed E-state index contributed by atoms with van der Waals surface area (Å²) in [4.78, 5) is 14.1. The molecule has 1 aromatic rings. The second-order valence-electron chi connectivity index (χ2n) is 5.48. The molecular formula is C16H19NO2. The van der Waals surface area contributed by atoms with Crippen LogP contribution in [-0.2, 0) is 4.79 Å². The van der Waals surface area contributed by atoms with E-state index in [0.717, 1.165) is 5.56 Å². The third-order valence-corrected chi connectivity index (χ3v) is 4.21. The van der Waals surface area contributed by atoms with Gasteiger partial charge in [0.2, 0.25) is 0 Å². The molecule has 3 nitrogen and oxygen atoms in total. The minimum atomic E-state index is 0.126. The van der Waals surface area contributed by atoms with Gasteiger partial charge < -0.3 is 10.0 Å². The molecule has 2 aliphatic rings. The van der Waals surface area contributed by atoms with E-state index in [4.69, 9.17) is 0 Å². The van der Waals surface area contributed by atoms with Gasteiger partial charge in [0.1, 0.15) is 5.75 Å². The topological polar surface area (TPSA) is 40.5 Å². The molecule has 1 heterocycles. The van der Waals surface area contributed by atoms with Crippen molar-refractivity contribution in [2.45, 2.75) is 44.2 Å². The van der Waals surface area contributed by atoms with Crippen LogP contribution >= 0.6 is 0 Å². The van der Waals surface area contributed by atoms with E-state index in [1.165, 1.54) is 25.7 Å². The van der Waals surface area contributed by atoms with E-state index in [-0.39, 0.29) is 17.6 Å². The van der Waals surface area contributed by atoms with Crippen LogP contribution in [0, 0.1) is 0 Å². The lowest BCUT2D eigenvalue weighted by Crippen LogP contribution is -2.36. The van der Waals surface area contributed by atoms with Crippen molar-refractivity contribution in [1.82, 2.24) is 4.90 Å². The molecule has 0 radical (unpaired) electrons. The zero-order valence-electron chi connectivity index (χ0n) is 11.0. The molecule has 3 heteroatoms. The number of hydrogen-bond acceptors (Lipinski definition) is 3. The van der Waals surface area contributed by atoms with Crippen molar-refractivity contribution in [3.63, 3.8) is 0 Å². The van der Waals surface area contributed by atoms with Crippen molar-refractivity contribution >= 4 is 5.78 Å². The Morgan fingerprint density at radius 2 is 1.79 bits per heavy atom. The summed E-state index contributed by atoms with van der Waals surface area (Å²) < 4.78 is 0. The number of benzene rings is 1. The molecule has 1 fully saturated rings. The Morgan fingerprint density at radius 3 is 2.47 bits per heavy atom. The van der Waals surface area contributed by atoms with Gasteiger partial charge in [-0.2, -0.15) is 0 Å². The van der Waals surface area contributed by atoms with Crippen molar-refractivity contribution in [1.29, 1.82) is 0 Å². The summed E-state index contributed by atoms with van der Waals surface area (Å²) in [6.45, 7) is 0. The van der Waals surface area contributed by atoms with Crippen LogP contribution in [-0.4, -0.2) is 21.8 Å². The molecule has 0 bridgehead atoms. The molecule has 1 saturated carbocycles. The van der Waals surface area contributed by atoms with E-state index in [1.807, 2.05) is 18.3 Å². The summed E-state index contributed by atoms with van der Waals surface area (Å²) in [5.41, 5.74) is 1.11. The fourth-order valence-corrected chi connectivity index (χ4v) is 3.20. The Balaban J connectivity index is 1.89. The van der Waals surface area contributed by atoms with Crippen LogP contribution < -0.4 is 0 Å². The van der Waals surface area contributed by atoms with Gasteiger partial charge in [-0.25, -0.2) is 0 Å². The minimum Gasteiger partial charge on any atom is -0.508 e. The number of rotatable bonds is 2. The molecule has 1 aromatic carbocycles. The number of carbonyl (C=O) groups is 1. The van der Waals surface area contributed by atoms with Crippen LogP contribution in [0.25, 0.3) is 0 Å². The van der Waals surface area contributed by atoms with Gasteiger partial charge in [0.25, 0.3) is 0 Å². The summed E-state index contributed by atoms with van der Waals surface area (Å²) in [6.07, 6.45) is 9.21. The molecule has 1 aliphatic heterocycles. The molecule has 0 amide bonds. The van der Waals surface area contributed by atoms with Crippen molar-refractivity contribution < 1.29 is 9.90 Å². The van der Waals surface area contributed by atoms with Gasteiger partial charge in [-0.3, -0.25) is 4.79 Å². The van der Waals surface area contributed by atoms with Crippen LogP contribution in [0.15, 0.2) is 36.5 Å². The third-order valence-electron chi connectivity index (χ3n) is 4.21. The van der Waals surface area contributed by atoms with Crippen LogP contribution in [0.1, 0.15) is 43.7 Å². The van der Waals surface area contributed by atoms with Crippen molar-refractivity contribution in [2.24, 2.45) is 0 Å². The first kappa shape index (κ1) is 12.3. The van der Waals surface area contributed by atoms with E-state index in [2.05, 4.69) is 4.90 Å². The molecule has 0 saturated heterocycles. The van der Waals surface area contributed by atoms with Gasteiger partial charge in [0.15, 0.2) is 5.78 Å². The Bertz CT molecular complexity index is 486. The maximum Gasteiger partial charge on any atom is 0.159 e. The summed E-state index contributed by atoms with van der Waals surface area (Å²) in [7, 11) is 0. The largest absolute Gasteiger partial charge is 0.508 e. The van der Waals surface area contributed by atoms with Gasteiger partial charge >= 0.3 is 0 Å². The normalized spacial score (nSPS) is 24.1. The summed E-state index contributed by atoms with van der Waals surface area (Å²) in [5.74, 6) is 0.459. The zero-order chi connectivity index (χ0) is 13.2. The average Bonchev–Trinajstić information content (AvgIpc) is 2.93. The molecule has 1 unspecified atom stereocenters. The molecule has 19 heavy (non-hydrogen) atoms. The van der Waals surface area contributed by atoms with Crippen LogP contribution in [0.2, 0.25) is 0 Å². The molecule has 3 rings (SSSR count). The number of ketones is 1. The molecular weight excluding hydrogens is 238 g/mol. The molecule has 100 valence electrons. The number of allylic oxidation sites excluding steroid dienone is 1. The van der Waals surface area contributed by atoms with Crippen LogP contribution in [0.4, 0.5) is 0 Å². The fourth-order valence-electron chi connectivity index (χ4n) is 3.20. The van der Waals surface area contributed by atoms with Crippen molar-refractivity contribution in [3.05, 3.63) is 42.1 Å². The first-order valence-electron chi connectivity index (χ1n) is 7.01. The first-order chi connectivity index (χ1) is 9.24. The molecule has 1 aliphatic carbocycles. The Hall–Kier alpha value is -1.77. The standard InChI is InChI=1S/C16H19NO2/c18-14-7-5-12(6-8-14)16-11-15(19)9-10-17(16)13-3-1-2-4-13/h5-10,13,16,18H,1-4,11H2. The Morgan fingerprint density at radius 1 is 1.11 bits per heavy atom. The Labute approximate surface area is 113 Å². The highest BCUT2D eigenvalue weighted by molar-refractivity contribution is 5.91. The molecule has 0 spiro atoms. The van der Waals surface area contributed by atoms with Crippen LogP contribution in [0.3, 0.4) is 0 Å².